The van der Waals surface area contributed by atoms with Gasteiger partial charge in [-0.05, 0) is 127 Å². The molecule has 0 amide bonds. The van der Waals surface area contributed by atoms with Gasteiger partial charge in [0.25, 0.3) is 0 Å². The topological polar surface area (TPSA) is 157 Å². The number of rotatable bonds is 12. The molecule has 0 bridgehead atoms. The average Bonchev–Trinajstić information content (AvgIpc) is 3.18. The predicted molar refractivity (Wildman–Crippen MR) is 209 cm³/mol. The quantitative estimate of drug-likeness (QED) is 0.0829. The molecule has 0 aliphatic carbocycles. The van der Waals surface area contributed by atoms with Gasteiger partial charge >= 0.3 is 0 Å². The summed E-state index contributed by atoms with van der Waals surface area (Å²) in [6, 6.07) is 45.2. The van der Waals surface area contributed by atoms with Gasteiger partial charge in [-0.3, -0.25) is 14.4 Å². The normalized spacial score (nSPS) is 10.7. The summed E-state index contributed by atoms with van der Waals surface area (Å²) in [6.45, 7) is 0. The van der Waals surface area contributed by atoms with E-state index in [1.807, 2.05) is 0 Å². The van der Waals surface area contributed by atoms with Crippen molar-refractivity contribution in [1.82, 2.24) is 0 Å². The number of nitrogens with two attached hydrogens (primary N) is 3. The summed E-state index contributed by atoms with van der Waals surface area (Å²) in [5.74, 6) is 2.02. The number of carbonyl (C=O) groups excluding carboxylic acids is 3. The number of ketones is 3. The van der Waals surface area contributed by atoms with Gasteiger partial charge in [0.1, 0.15) is 34.5 Å². The van der Waals surface area contributed by atoms with E-state index < -0.39 is 0 Å². The minimum absolute atomic E-state index is 0.164. The summed E-state index contributed by atoms with van der Waals surface area (Å²) in [5, 5.41) is 0. The second-order valence-corrected chi connectivity index (χ2v) is 12.4. The number of hydrogen-bond donors (Lipinski definition) is 3. The minimum Gasteiger partial charge on any atom is -0.457 e. The van der Waals surface area contributed by atoms with Crippen LogP contribution in [-0.4, -0.2) is 17.3 Å². The lowest BCUT2D eigenvalue weighted by Gasteiger charge is -2.11. The molecular weight excluding hydrogens is 679 g/mol. The summed E-state index contributed by atoms with van der Waals surface area (Å²) in [7, 11) is 0. The molecule has 0 fully saturated rings. The van der Waals surface area contributed by atoms with E-state index in [-0.39, 0.29) is 34.0 Å². The molecule has 54 heavy (non-hydrogen) atoms. The van der Waals surface area contributed by atoms with Gasteiger partial charge in [-0.1, -0.05) is 18.2 Å². The Morgan fingerprint density at radius 3 is 0.796 bits per heavy atom. The number of ether oxygens (including phenoxy) is 3. The van der Waals surface area contributed by atoms with Crippen LogP contribution < -0.4 is 31.4 Å². The molecule has 0 saturated carbocycles. The average molecular weight is 712 g/mol. The van der Waals surface area contributed by atoms with Crippen molar-refractivity contribution in [3.8, 4) is 34.5 Å². The molecule has 0 aliphatic heterocycles. The molecule has 0 atom stereocenters. The van der Waals surface area contributed by atoms with Crippen molar-refractivity contribution in [3.63, 3.8) is 0 Å². The summed E-state index contributed by atoms with van der Waals surface area (Å²) < 4.78 is 17.6. The minimum atomic E-state index is -0.383. The van der Waals surface area contributed by atoms with Crippen molar-refractivity contribution in [2.24, 2.45) is 0 Å². The van der Waals surface area contributed by atoms with Gasteiger partial charge in [-0.15, -0.1) is 0 Å². The van der Waals surface area contributed by atoms with Crippen LogP contribution in [0.15, 0.2) is 164 Å². The SMILES string of the molecule is Nc1cccc(Oc2ccc(C(=O)c3cc(C(=O)c4ccc(Oc5cccc(N)c5)cc4)cc(C(=O)c4ccc(Oc5cccc(N)c5)cc4)c3)cc2)c1. The van der Waals surface area contributed by atoms with Crippen molar-refractivity contribution >= 4 is 34.4 Å². The Morgan fingerprint density at radius 2 is 0.556 bits per heavy atom. The van der Waals surface area contributed by atoms with E-state index in [0.717, 1.165) is 0 Å². The molecule has 9 nitrogen and oxygen atoms in total. The van der Waals surface area contributed by atoms with Gasteiger partial charge in [-0.2, -0.15) is 0 Å². The molecule has 7 rings (SSSR count). The second-order valence-electron chi connectivity index (χ2n) is 12.4. The van der Waals surface area contributed by atoms with Crippen molar-refractivity contribution in [1.29, 1.82) is 0 Å². The van der Waals surface area contributed by atoms with E-state index in [9.17, 15) is 14.4 Å². The fourth-order valence-electron chi connectivity index (χ4n) is 5.69. The third kappa shape index (κ3) is 8.28. The van der Waals surface area contributed by atoms with E-state index in [1.165, 1.54) is 18.2 Å². The number of anilines is 3. The molecule has 0 unspecified atom stereocenters. The molecule has 0 heterocycles. The monoisotopic (exact) mass is 711 g/mol. The molecule has 0 aromatic heterocycles. The predicted octanol–water partition coefficient (Wildman–Crippen LogP) is 9.50. The van der Waals surface area contributed by atoms with Gasteiger partial charge in [0, 0.05) is 68.6 Å². The zero-order valence-electron chi connectivity index (χ0n) is 28.8. The Morgan fingerprint density at radius 1 is 0.296 bits per heavy atom. The fourth-order valence-corrected chi connectivity index (χ4v) is 5.69. The van der Waals surface area contributed by atoms with Gasteiger partial charge in [0.15, 0.2) is 17.3 Å². The van der Waals surface area contributed by atoms with E-state index in [4.69, 9.17) is 31.4 Å². The lowest BCUT2D eigenvalue weighted by atomic mass is 9.92. The summed E-state index contributed by atoms with van der Waals surface area (Å²) >= 11 is 0. The van der Waals surface area contributed by atoms with E-state index in [0.29, 0.717) is 68.2 Å². The Kier molecular flexibility index (Phi) is 9.86. The Hall–Kier alpha value is -7.65. The number of hydrogen-bond acceptors (Lipinski definition) is 9. The van der Waals surface area contributed by atoms with Crippen LogP contribution in [0.1, 0.15) is 47.8 Å². The fraction of sp³-hybridized carbons (Fsp3) is 0. The smallest absolute Gasteiger partial charge is 0.193 e. The second kappa shape index (κ2) is 15.3. The summed E-state index contributed by atoms with van der Waals surface area (Å²) in [6.07, 6.45) is 0. The third-order valence-electron chi connectivity index (χ3n) is 8.35. The molecule has 0 aliphatic rings. The number of nitrogen functional groups attached to an aromatic ring is 3. The van der Waals surface area contributed by atoms with E-state index in [2.05, 4.69) is 0 Å². The molecule has 264 valence electrons. The highest BCUT2D eigenvalue weighted by molar-refractivity contribution is 6.17. The third-order valence-corrected chi connectivity index (χ3v) is 8.35. The molecular formula is C45H33N3O6. The van der Waals surface area contributed by atoms with Crippen LogP contribution in [0, 0.1) is 0 Å². The maximum atomic E-state index is 13.9. The van der Waals surface area contributed by atoms with Crippen molar-refractivity contribution < 1.29 is 28.6 Å². The molecule has 7 aromatic rings. The molecule has 7 aromatic carbocycles. The van der Waals surface area contributed by atoms with Crippen molar-refractivity contribution in [2.45, 2.75) is 0 Å². The van der Waals surface area contributed by atoms with Crippen LogP contribution in [0.5, 0.6) is 34.5 Å². The highest BCUT2D eigenvalue weighted by Crippen LogP contribution is 2.28. The lowest BCUT2D eigenvalue weighted by molar-refractivity contribution is 0.103. The first-order valence-electron chi connectivity index (χ1n) is 16.9. The lowest BCUT2D eigenvalue weighted by Crippen LogP contribution is -2.10. The van der Waals surface area contributed by atoms with Crippen LogP contribution in [0.4, 0.5) is 17.1 Å². The van der Waals surface area contributed by atoms with Gasteiger partial charge in [0.2, 0.25) is 0 Å². The Balaban J connectivity index is 1.17. The van der Waals surface area contributed by atoms with E-state index >= 15 is 0 Å². The first kappa shape index (κ1) is 34.8. The highest BCUT2D eigenvalue weighted by atomic mass is 16.5. The first-order chi connectivity index (χ1) is 26.2. The number of carbonyl (C=O) groups is 3. The number of benzene rings is 7. The van der Waals surface area contributed by atoms with Gasteiger partial charge in [0.05, 0.1) is 0 Å². The maximum absolute atomic E-state index is 13.9. The maximum Gasteiger partial charge on any atom is 0.193 e. The Bertz CT molecular complexity index is 2200. The largest absolute Gasteiger partial charge is 0.457 e. The van der Waals surface area contributed by atoms with Crippen molar-refractivity contribution in [2.75, 3.05) is 17.2 Å². The van der Waals surface area contributed by atoms with Crippen LogP contribution in [0.25, 0.3) is 0 Å². The van der Waals surface area contributed by atoms with Crippen LogP contribution in [0.3, 0.4) is 0 Å². The zero-order chi connectivity index (χ0) is 37.6. The Labute approximate surface area is 311 Å². The van der Waals surface area contributed by atoms with E-state index in [1.54, 1.807) is 146 Å². The van der Waals surface area contributed by atoms with Crippen LogP contribution in [0.2, 0.25) is 0 Å². The van der Waals surface area contributed by atoms with Gasteiger partial charge in [-0.25, -0.2) is 0 Å². The molecule has 0 spiro atoms. The van der Waals surface area contributed by atoms with Crippen LogP contribution >= 0.6 is 0 Å². The highest BCUT2D eigenvalue weighted by Gasteiger charge is 2.20. The molecule has 0 radical (unpaired) electrons. The molecule has 9 heteroatoms. The van der Waals surface area contributed by atoms with Gasteiger partial charge < -0.3 is 31.4 Å². The summed E-state index contributed by atoms with van der Waals surface area (Å²) in [5.41, 5.74) is 20.8. The first-order valence-corrected chi connectivity index (χ1v) is 16.9. The van der Waals surface area contributed by atoms with Crippen LogP contribution in [-0.2, 0) is 0 Å². The zero-order valence-corrected chi connectivity index (χ0v) is 28.8. The molecule has 0 saturated heterocycles. The molecule has 6 N–H and O–H groups in total. The standard InChI is InChI=1S/C45H33N3O6/c46-34-4-1-7-40(25-34)52-37-16-10-28(11-17-37)43(49)31-22-32(44(50)29-12-18-38(19-13-29)53-41-8-2-5-35(47)26-41)24-33(23-31)45(51)30-14-20-39(21-15-30)54-42-9-3-6-36(48)27-42/h1-27H,46-48H2. The summed E-state index contributed by atoms with van der Waals surface area (Å²) in [4.78, 5) is 41.8. The van der Waals surface area contributed by atoms with Crippen molar-refractivity contribution in [3.05, 3.63) is 197 Å².